The van der Waals surface area contributed by atoms with Crippen molar-refractivity contribution in [2.75, 3.05) is 0 Å². The molecule has 0 aromatic carbocycles. The molecule has 0 aromatic heterocycles. The molecule has 0 amide bonds. The van der Waals surface area contributed by atoms with E-state index in [1.165, 1.54) is 12.8 Å². The van der Waals surface area contributed by atoms with E-state index in [-0.39, 0.29) is 51.4 Å². The Labute approximate surface area is 102 Å². The van der Waals surface area contributed by atoms with Gasteiger partial charge in [0, 0.05) is 51.4 Å². The molecule has 0 aliphatic carbocycles. The van der Waals surface area contributed by atoms with Gasteiger partial charge in [-0.05, 0) is 19.1 Å². The second-order valence-corrected chi connectivity index (χ2v) is 7.04. The van der Waals surface area contributed by atoms with Crippen molar-refractivity contribution in [2.45, 2.75) is 38.9 Å². The second-order valence-electron chi connectivity index (χ2n) is 2.92. The zero-order valence-electron chi connectivity index (χ0n) is 7.07. The molecule has 0 aliphatic heterocycles. The van der Waals surface area contributed by atoms with Crippen LogP contribution in [0.5, 0.6) is 0 Å². The minimum Gasteiger partial charge on any atom is -0.432 e. The van der Waals surface area contributed by atoms with Crippen LogP contribution in [0.2, 0.25) is 19.1 Å². The van der Waals surface area contributed by atoms with E-state index in [2.05, 4.69) is 6.92 Å². The standard InChI is InChI=1S/C6H16OSi.K/c1-4-5-6-8(2,3)7;/h7H,4-6H2,1-3H3;. The Morgan fingerprint density at radius 3 is 1.89 bits per heavy atom. The number of hydrogen-bond donors (Lipinski definition) is 1. The summed E-state index contributed by atoms with van der Waals surface area (Å²) in [4.78, 5) is 9.29. The summed E-state index contributed by atoms with van der Waals surface area (Å²) in [6.07, 6.45) is 2.40. The van der Waals surface area contributed by atoms with Crippen LogP contribution in [0.15, 0.2) is 0 Å². The molecule has 1 nitrogen and oxygen atoms in total. The van der Waals surface area contributed by atoms with E-state index in [1.54, 1.807) is 0 Å². The summed E-state index contributed by atoms with van der Waals surface area (Å²) < 4.78 is 0. The molecule has 0 saturated carbocycles. The van der Waals surface area contributed by atoms with Crippen molar-refractivity contribution in [1.29, 1.82) is 0 Å². The average molecular weight is 171 g/mol. The minimum absolute atomic E-state index is 0. The third-order valence-corrected chi connectivity index (χ3v) is 2.72. The molecule has 0 fully saturated rings. The molecule has 1 N–H and O–H groups in total. The zero-order chi connectivity index (χ0) is 6.62. The van der Waals surface area contributed by atoms with Crippen molar-refractivity contribution in [3.8, 4) is 0 Å². The molecular weight excluding hydrogens is 155 g/mol. The Kier molecular flexibility index (Phi) is 9.71. The van der Waals surface area contributed by atoms with Crippen LogP contribution in [0.3, 0.4) is 0 Å². The second kappa shape index (κ2) is 6.52. The summed E-state index contributed by atoms with van der Waals surface area (Å²) >= 11 is 0. The van der Waals surface area contributed by atoms with Gasteiger partial charge in [-0.2, -0.15) is 0 Å². The molecule has 0 aromatic rings. The summed E-state index contributed by atoms with van der Waals surface area (Å²) in [5.41, 5.74) is 0. The third kappa shape index (κ3) is 12.9. The summed E-state index contributed by atoms with van der Waals surface area (Å²) in [6, 6.07) is 1.06. The van der Waals surface area contributed by atoms with Crippen molar-refractivity contribution in [3.63, 3.8) is 0 Å². The summed E-state index contributed by atoms with van der Waals surface area (Å²) in [6.45, 7) is 6.13. The van der Waals surface area contributed by atoms with Crippen molar-refractivity contribution >= 4 is 59.7 Å². The maximum Gasteiger partial charge on any atom is 0.182 e. The molecular formula is C6H16KOSi. The van der Waals surface area contributed by atoms with Crippen LogP contribution < -0.4 is 0 Å². The van der Waals surface area contributed by atoms with E-state index in [0.29, 0.717) is 0 Å². The Balaban J connectivity index is 0. The van der Waals surface area contributed by atoms with Gasteiger partial charge >= 0.3 is 0 Å². The van der Waals surface area contributed by atoms with Crippen molar-refractivity contribution < 1.29 is 4.80 Å². The van der Waals surface area contributed by atoms with E-state index in [4.69, 9.17) is 0 Å². The first-order chi connectivity index (χ1) is 3.56. The van der Waals surface area contributed by atoms with Crippen LogP contribution in [0, 0.1) is 0 Å². The molecule has 51 valence electrons. The van der Waals surface area contributed by atoms with E-state index >= 15 is 0 Å². The van der Waals surface area contributed by atoms with Gasteiger partial charge in [0.2, 0.25) is 0 Å². The van der Waals surface area contributed by atoms with Gasteiger partial charge in [0.05, 0.1) is 0 Å². The van der Waals surface area contributed by atoms with Crippen LogP contribution in [-0.2, 0) is 0 Å². The van der Waals surface area contributed by atoms with Crippen LogP contribution in [0.25, 0.3) is 0 Å². The molecule has 0 bridgehead atoms. The predicted octanol–water partition coefficient (Wildman–Crippen LogP) is 1.60. The van der Waals surface area contributed by atoms with Crippen LogP contribution in [-0.4, -0.2) is 64.5 Å². The number of rotatable bonds is 3. The van der Waals surface area contributed by atoms with Gasteiger partial charge in [0.15, 0.2) is 8.32 Å². The fraction of sp³-hybridized carbons (Fsp3) is 1.00. The molecule has 3 heteroatoms. The van der Waals surface area contributed by atoms with Gasteiger partial charge in [0.25, 0.3) is 0 Å². The molecule has 0 atom stereocenters. The van der Waals surface area contributed by atoms with Gasteiger partial charge in [-0.25, -0.2) is 0 Å². The molecule has 0 rings (SSSR count). The monoisotopic (exact) mass is 171 g/mol. The Morgan fingerprint density at radius 2 is 1.78 bits per heavy atom. The predicted molar refractivity (Wildman–Crippen MR) is 45.2 cm³/mol. The molecule has 0 heterocycles. The summed E-state index contributed by atoms with van der Waals surface area (Å²) in [5, 5.41) is 0. The fourth-order valence-electron chi connectivity index (χ4n) is 0.609. The summed E-state index contributed by atoms with van der Waals surface area (Å²) in [7, 11) is -1.68. The van der Waals surface area contributed by atoms with Gasteiger partial charge < -0.3 is 4.80 Å². The van der Waals surface area contributed by atoms with Crippen LogP contribution in [0.4, 0.5) is 0 Å². The first-order valence-corrected chi connectivity index (χ1v) is 6.44. The summed E-state index contributed by atoms with van der Waals surface area (Å²) in [5.74, 6) is 0. The fourth-order valence-corrected chi connectivity index (χ4v) is 1.83. The molecule has 0 unspecified atom stereocenters. The smallest absolute Gasteiger partial charge is 0.182 e. The van der Waals surface area contributed by atoms with Crippen LogP contribution >= 0.6 is 0 Å². The topological polar surface area (TPSA) is 20.2 Å². The normalized spacial score (nSPS) is 10.7. The molecule has 9 heavy (non-hydrogen) atoms. The number of hydrogen-bond acceptors (Lipinski definition) is 1. The van der Waals surface area contributed by atoms with Gasteiger partial charge in [-0.1, -0.05) is 19.8 Å². The maximum absolute atomic E-state index is 9.29. The average Bonchev–Trinajstić information content (AvgIpc) is 1.59. The van der Waals surface area contributed by atoms with Gasteiger partial charge in [-0.3, -0.25) is 0 Å². The Hall–Kier alpha value is 1.81. The zero-order valence-corrected chi connectivity index (χ0v) is 11.2. The Bertz CT molecular complexity index is 60.6. The molecule has 0 spiro atoms. The largest absolute Gasteiger partial charge is 0.432 e. The SMILES string of the molecule is CCCC[Si](C)(C)O.[K]. The van der Waals surface area contributed by atoms with Crippen molar-refractivity contribution in [3.05, 3.63) is 0 Å². The van der Waals surface area contributed by atoms with E-state index < -0.39 is 8.32 Å². The van der Waals surface area contributed by atoms with Crippen molar-refractivity contribution in [1.82, 2.24) is 0 Å². The minimum atomic E-state index is -1.68. The molecule has 0 aliphatic rings. The van der Waals surface area contributed by atoms with E-state index in [0.717, 1.165) is 6.04 Å². The maximum atomic E-state index is 9.29. The third-order valence-electron chi connectivity index (χ3n) is 1.14. The first kappa shape index (κ1) is 13.4. The first-order valence-electron chi connectivity index (χ1n) is 3.28. The number of unbranched alkanes of at least 4 members (excludes halogenated alkanes) is 1. The van der Waals surface area contributed by atoms with Gasteiger partial charge in [-0.15, -0.1) is 0 Å². The molecule has 1 radical (unpaired) electrons. The Morgan fingerprint density at radius 1 is 1.33 bits per heavy atom. The van der Waals surface area contributed by atoms with Gasteiger partial charge in [0.1, 0.15) is 0 Å². The van der Waals surface area contributed by atoms with E-state index in [9.17, 15) is 4.80 Å². The van der Waals surface area contributed by atoms with Crippen molar-refractivity contribution in [2.24, 2.45) is 0 Å². The molecule has 0 saturated heterocycles. The van der Waals surface area contributed by atoms with E-state index in [1.807, 2.05) is 13.1 Å². The van der Waals surface area contributed by atoms with Crippen LogP contribution in [0.1, 0.15) is 19.8 Å². The quantitative estimate of drug-likeness (QED) is 0.640.